The number of carbonyl (C=O) groups is 1. The van der Waals surface area contributed by atoms with Crippen LogP contribution in [0.15, 0.2) is 77.2 Å². The predicted octanol–water partition coefficient (Wildman–Crippen LogP) is 3.77. The number of aliphatic hydroxyl groups is 1. The molecule has 37 heavy (non-hydrogen) atoms. The fourth-order valence-corrected chi connectivity index (χ4v) is 4.27. The van der Waals surface area contributed by atoms with Crippen LogP contribution in [0.1, 0.15) is 47.9 Å². The van der Waals surface area contributed by atoms with Gasteiger partial charge in [0, 0.05) is 0 Å². The number of nitrogens with zero attached hydrogens (tertiary/aromatic N) is 1. The molecule has 0 aliphatic heterocycles. The molecule has 1 aromatic heterocycles. The lowest BCUT2D eigenvalue weighted by Gasteiger charge is -2.24. The van der Waals surface area contributed by atoms with Crippen LogP contribution in [-0.2, 0) is 17.6 Å². The van der Waals surface area contributed by atoms with E-state index in [4.69, 9.17) is 15.9 Å². The van der Waals surface area contributed by atoms with Crippen molar-refractivity contribution in [2.75, 3.05) is 6.54 Å². The molecular weight excluding hydrogens is 471 g/mol. The fraction of sp³-hybridized carbons (Fsp3) is 0.310. The molecule has 0 radical (unpaired) electrons. The summed E-state index contributed by atoms with van der Waals surface area (Å²) in [6.07, 6.45) is 1.49. The number of aryl methyl sites for hydroxylation is 1. The molecule has 4 rings (SSSR count). The van der Waals surface area contributed by atoms with Gasteiger partial charge in [0.1, 0.15) is 11.3 Å². The summed E-state index contributed by atoms with van der Waals surface area (Å²) in [5.41, 5.74) is 15.9. The standard InChI is InChI=1S/C29H33FN4O3/c30-22-12-8-19(9-13-22)10-14-24(33-28(36)23(32)7-4-16-31)27(35)29-34-25-18-21(11-15-26(25)37-29)17-20-5-2-1-3-6-20/h1-3,5-6,8-9,11-13,15,18,23-24,27,35H,4,7,10,14,16-17,31-32H2,(H,33,36)/t23-,24-,27?/m1/s1. The van der Waals surface area contributed by atoms with E-state index < -0.39 is 18.2 Å². The van der Waals surface area contributed by atoms with Crippen LogP contribution in [0.4, 0.5) is 4.39 Å². The summed E-state index contributed by atoms with van der Waals surface area (Å²) in [4.78, 5) is 17.3. The molecular formula is C29H33FN4O3. The molecule has 1 unspecified atom stereocenters. The van der Waals surface area contributed by atoms with Crippen molar-refractivity contribution in [3.63, 3.8) is 0 Å². The number of nitrogens with two attached hydrogens (primary N) is 2. The molecule has 1 heterocycles. The van der Waals surface area contributed by atoms with Gasteiger partial charge in [-0.25, -0.2) is 9.37 Å². The minimum atomic E-state index is -1.20. The highest BCUT2D eigenvalue weighted by molar-refractivity contribution is 5.81. The van der Waals surface area contributed by atoms with Gasteiger partial charge in [-0.05, 0) is 79.6 Å². The van der Waals surface area contributed by atoms with Gasteiger partial charge >= 0.3 is 0 Å². The second-order valence-electron chi connectivity index (χ2n) is 9.28. The maximum atomic E-state index is 13.3. The number of aromatic nitrogens is 1. The molecule has 7 nitrogen and oxygen atoms in total. The zero-order valence-corrected chi connectivity index (χ0v) is 20.6. The number of nitrogens with one attached hydrogen (secondary N) is 1. The largest absolute Gasteiger partial charge is 0.438 e. The topological polar surface area (TPSA) is 127 Å². The second-order valence-corrected chi connectivity index (χ2v) is 9.28. The average Bonchev–Trinajstić information content (AvgIpc) is 3.34. The van der Waals surface area contributed by atoms with Crippen molar-refractivity contribution in [1.29, 1.82) is 0 Å². The highest BCUT2D eigenvalue weighted by atomic mass is 19.1. The van der Waals surface area contributed by atoms with Gasteiger partial charge < -0.3 is 26.3 Å². The Balaban J connectivity index is 1.52. The molecule has 0 saturated heterocycles. The Morgan fingerprint density at radius 1 is 1.00 bits per heavy atom. The van der Waals surface area contributed by atoms with Crippen molar-refractivity contribution in [2.45, 2.75) is 50.3 Å². The third-order valence-corrected chi connectivity index (χ3v) is 6.39. The lowest BCUT2D eigenvalue weighted by atomic mass is 10.00. The zero-order chi connectivity index (χ0) is 26.2. The number of oxazole rings is 1. The van der Waals surface area contributed by atoms with Crippen LogP contribution in [0, 0.1) is 5.82 Å². The summed E-state index contributed by atoms with van der Waals surface area (Å²) < 4.78 is 19.2. The Morgan fingerprint density at radius 3 is 2.46 bits per heavy atom. The highest BCUT2D eigenvalue weighted by Crippen LogP contribution is 2.26. The Morgan fingerprint density at radius 2 is 1.73 bits per heavy atom. The van der Waals surface area contributed by atoms with Crippen molar-refractivity contribution < 1.29 is 18.7 Å². The van der Waals surface area contributed by atoms with Gasteiger partial charge in [0.15, 0.2) is 11.7 Å². The maximum Gasteiger partial charge on any atom is 0.237 e. The highest BCUT2D eigenvalue weighted by Gasteiger charge is 2.28. The number of benzene rings is 3. The smallest absolute Gasteiger partial charge is 0.237 e. The van der Waals surface area contributed by atoms with Gasteiger partial charge in [0.05, 0.1) is 12.1 Å². The minimum absolute atomic E-state index is 0.117. The molecule has 4 aromatic rings. The molecule has 0 spiro atoms. The molecule has 8 heteroatoms. The van der Waals surface area contributed by atoms with Crippen LogP contribution in [0.25, 0.3) is 11.1 Å². The van der Waals surface area contributed by atoms with E-state index >= 15 is 0 Å². The number of amides is 1. The van der Waals surface area contributed by atoms with Gasteiger partial charge in [0.2, 0.25) is 11.8 Å². The maximum absolute atomic E-state index is 13.3. The Labute approximate surface area is 215 Å². The van der Waals surface area contributed by atoms with Crippen LogP contribution < -0.4 is 16.8 Å². The zero-order valence-electron chi connectivity index (χ0n) is 20.6. The number of hydrogen-bond donors (Lipinski definition) is 4. The molecule has 6 N–H and O–H groups in total. The summed E-state index contributed by atoms with van der Waals surface area (Å²) in [7, 11) is 0. The van der Waals surface area contributed by atoms with Crippen molar-refractivity contribution in [2.24, 2.45) is 11.5 Å². The molecule has 0 aliphatic carbocycles. The molecule has 0 aliphatic rings. The van der Waals surface area contributed by atoms with Gasteiger partial charge in [-0.1, -0.05) is 48.5 Å². The first kappa shape index (κ1) is 26.5. The van der Waals surface area contributed by atoms with Crippen LogP contribution in [0.3, 0.4) is 0 Å². The Hall–Kier alpha value is -3.59. The van der Waals surface area contributed by atoms with Crippen LogP contribution in [0.2, 0.25) is 0 Å². The van der Waals surface area contributed by atoms with Gasteiger partial charge in [-0.2, -0.15) is 0 Å². The van der Waals surface area contributed by atoms with Crippen molar-refractivity contribution in [3.8, 4) is 0 Å². The quantitative estimate of drug-likeness (QED) is 0.233. The van der Waals surface area contributed by atoms with E-state index in [0.29, 0.717) is 43.3 Å². The van der Waals surface area contributed by atoms with E-state index in [1.807, 2.05) is 36.4 Å². The predicted molar refractivity (Wildman–Crippen MR) is 141 cm³/mol. The first-order valence-corrected chi connectivity index (χ1v) is 12.5. The minimum Gasteiger partial charge on any atom is -0.438 e. The summed E-state index contributed by atoms with van der Waals surface area (Å²) >= 11 is 0. The van der Waals surface area contributed by atoms with E-state index in [-0.39, 0.29) is 17.6 Å². The summed E-state index contributed by atoms with van der Waals surface area (Å²) in [5, 5.41) is 14.1. The first-order chi connectivity index (χ1) is 17.9. The molecule has 0 saturated carbocycles. The number of fused-ring (bicyclic) bond motifs is 1. The van der Waals surface area contributed by atoms with E-state index in [1.165, 1.54) is 17.7 Å². The van der Waals surface area contributed by atoms with Gasteiger partial charge in [0.25, 0.3) is 0 Å². The number of carbonyl (C=O) groups excluding carboxylic acids is 1. The first-order valence-electron chi connectivity index (χ1n) is 12.5. The number of aliphatic hydroxyl groups excluding tert-OH is 1. The summed E-state index contributed by atoms with van der Waals surface area (Å²) in [6, 6.07) is 20.5. The lowest BCUT2D eigenvalue weighted by Crippen LogP contribution is -2.48. The molecule has 0 fully saturated rings. The van der Waals surface area contributed by atoms with Crippen molar-refractivity contribution in [3.05, 3.63) is 101 Å². The third-order valence-electron chi connectivity index (χ3n) is 6.39. The summed E-state index contributed by atoms with van der Waals surface area (Å²) in [6.45, 7) is 0.437. The molecule has 1 amide bonds. The van der Waals surface area contributed by atoms with Gasteiger partial charge in [-0.15, -0.1) is 0 Å². The Kier molecular flexibility index (Phi) is 9.00. The summed E-state index contributed by atoms with van der Waals surface area (Å²) in [5.74, 6) is -0.581. The SMILES string of the molecule is NCCC[C@@H](N)C(=O)N[C@H](CCc1ccc(F)cc1)C(O)c1nc2cc(Cc3ccccc3)ccc2o1. The normalized spacial score (nSPS) is 13.8. The van der Waals surface area contributed by atoms with E-state index in [9.17, 15) is 14.3 Å². The van der Waals surface area contributed by atoms with Crippen LogP contribution in [0.5, 0.6) is 0 Å². The molecule has 194 valence electrons. The second kappa shape index (κ2) is 12.6. The van der Waals surface area contributed by atoms with Crippen molar-refractivity contribution >= 4 is 17.0 Å². The number of rotatable bonds is 12. The number of halogens is 1. The van der Waals surface area contributed by atoms with E-state index in [0.717, 1.165) is 17.5 Å². The fourth-order valence-electron chi connectivity index (χ4n) is 4.27. The number of hydrogen-bond acceptors (Lipinski definition) is 6. The van der Waals surface area contributed by atoms with Crippen molar-refractivity contribution in [1.82, 2.24) is 10.3 Å². The van der Waals surface area contributed by atoms with E-state index in [2.05, 4.69) is 22.4 Å². The molecule has 3 atom stereocenters. The average molecular weight is 505 g/mol. The van der Waals surface area contributed by atoms with Gasteiger partial charge in [-0.3, -0.25) is 4.79 Å². The molecule has 0 bridgehead atoms. The van der Waals surface area contributed by atoms with Crippen LogP contribution in [-0.4, -0.2) is 34.6 Å². The molecule has 3 aromatic carbocycles. The third kappa shape index (κ3) is 7.22. The van der Waals surface area contributed by atoms with Crippen LogP contribution >= 0.6 is 0 Å². The van der Waals surface area contributed by atoms with E-state index in [1.54, 1.807) is 12.1 Å². The Bertz CT molecular complexity index is 1290. The monoisotopic (exact) mass is 504 g/mol. The lowest BCUT2D eigenvalue weighted by molar-refractivity contribution is -0.124.